The van der Waals surface area contributed by atoms with Crippen molar-refractivity contribution in [2.45, 2.75) is 19.6 Å². The van der Waals surface area contributed by atoms with Crippen LogP contribution < -0.4 is 0 Å². The SMILES string of the molecule is CN(C)CC(=O)O[Si](C)(C)C. The van der Waals surface area contributed by atoms with Gasteiger partial charge in [0, 0.05) is 0 Å². The molecule has 0 amide bonds. The van der Waals surface area contributed by atoms with E-state index in [9.17, 15) is 4.79 Å². The van der Waals surface area contributed by atoms with Gasteiger partial charge in [-0.3, -0.25) is 9.69 Å². The van der Waals surface area contributed by atoms with E-state index >= 15 is 0 Å². The lowest BCUT2D eigenvalue weighted by molar-refractivity contribution is -0.135. The molecule has 0 aromatic rings. The van der Waals surface area contributed by atoms with Gasteiger partial charge in [0.1, 0.15) is 0 Å². The Hall–Kier alpha value is -0.353. The first kappa shape index (κ1) is 10.6. The number of nitrogens with zero attached hydrogens (tertiary/aromatic N) is 1. The third-order valence-corrected chi connectivity index (χ3v) is 1.71. The van der Waals surface area contributed by atoms with E-state index in [0.29, 0.717) is 6.54 Å². The maximum Gasteiger partial charge on any atom is 0.306 e. The van der Waals surface area contributed by atoms with Crippen molar-refractivity contribution >= 4 is 14.3 Å². The zero-order valence-corrected chi connectivity index (χ0v) is 8.97. The lowest BCUT2D eigenvalue weighted by atomic mass is 10.6. The molecule has 0 radical (unpaired) electrons. The van der Waals surface area contributed by atoms with Gasteiger partial charge in [-0.2, -0.15) is 0 Å². The largest absolute Gasteiger partial charge is 0.519 e. The zero-order chi connectivity index (χ0) is 9.07. The standard InChI is InChI=1S/C7H17NO2Si/c1-8(2)6-7(9)10-11(3,4)5/h6H2,1-5H3. The third kappa shape index (κ3) is 7.54. The van der Waals surface area contributed by atoms with Crippen molar-refractivity contribution in [2.24, 2.45) is 0 Å². The highest BCUT2D eigenvalue weighted by Gasteiger charge is 2.19. The van der Waals surface area contributed by atoms with Gasteiger partial charge in [0.15, 0.2) is 0 Å². The van der Waals surface area contributed by atoms with Crippen LogP contribution in [0.3, 0.4) is 0 Å². The van der Waals surface area contributed by atoms with Crippen LogP contribution in [-0.4, -0.2) is 39.8 Å². The Labute approximate surface area is 69.5 Å². The van der Waals surface area contributed by atoms with E-state index in [4.69, 9.17) is 4.43 Å². The van der Waals surface area contributed by atoms with Crippen molar-refractivity contribution in [2.75, 3.05) is 20.6 Å². The maximum absolute atomic E-state index is 11.0. The molecule has 11 heavy (non-hydrogen) atoms. The summed E-state index contributed by atoms with van der Waals surface area (Å²) in [6.07, 6.45) is 0. The van der Waals surface area contributed by atoms with Crippen LogP contribution in [0.2, 0.25) is 19.6 Å². The molecule has 0 aliphatic rings. The quantitative estimate of drug-likeness (QED) is 0.598. The number of likely N-dealkylation sites (N-methyl/N-ethyl adjacent to an activating group) is 1. The number of rotatable bonds is 3. The summed E-state index contributed by atoms with van der Waals surface area (Å²) in [4.78, 5) is 12.8. The Morgan fingerprint density at radius 1 is 1.36 bits per heavy atom. The Morgan fingerprint density at radius 3 is 2.09 bits per heavy atom. The predicted octanol–water partition coefficient (Wildman–Crippen LogP) is 0.926. The molecule has 0 aliphatic heterocycles. The molecule has 0 bridgehead atoms. The van der Waals surface area contributed by atoms with E-state index in [0.717, 1.165) is 0 Å². The smallest absolute Gasteiger partial charge is 0.306 e. The highest BCUT2D eigenvalue weighted by atomic mass is 28.4. The number of hydrogen-bond acceptors (Lipinski definition) is 3. The van der Waals surface area contributed by atoms with Gasteiger partial charge in [-0.1, -0.05) is 0 Å². The van der Waals surface area contributed by atoms with Crippen molar-refractivity contribution in [1.82, 2.24) is 4.90 Å². The fraction of sp³-hybridized carbons (Fsp3) is 0.857. The van der Waals surface area contributed by atoms with Crippen LogP contribution in [-0.2, 0) is 9.22 Å². The minimum absolute atomic E-state index is 0.117. The molecular formula is C7H17NO2Si. The zero-order valence-electron chi connectivity index (χ0n) is 7.97. The molecule has 0 saturated heterocycles. The van der Waals surface area contributed by atoms with Crippen molar-refractivity contribution in [1.29, 1.82) is 0 Å². The molecule has 0 atom stereocenters. The van der Waals surface area contributed by atoms with Crippen molar-refractivity contribution in [3.8, 4) is 0 Å². The van der Waals surface area contributed by atoms with Crippen LogP contribution in [0, 0.1) is 0 Å². The second-order valence-electron chi connectivity index (χ2n) is 3.82. The van der Waals surface area contributed by atoms with Crippen molar-refractivity contribution < 1.29 is 9.22 Å². The second kappa shape index (κ2) is 3.87. The van der Waals surface area contributed by atoms with Gasteiger partial charge < -0.3 is 4.43 Å². The van der Waals surface area contributed by atoms with Gasteiger partial charge in [0.2, 0.25) is 8.32 Å². The van der Waals surface area contributed by atoms with E-state index in [1.54, 1.807) is 0 Å². The molecule has 0 fully saturated rings. The third-order valence-electron chi connectivity index (χ3n) is 0.865. The fourth-order valence-electron chi connectivity index (χ4n) is 0.632. The molecule has 4 heteroatoms. The molecule has 0 spiro atoms. The highest BCUT2D eigenvalue weighted by Crippen LogP contribution is 2.02. The van der Waals surface area contributed by atoms with Crippen LogP contribution >= 0.6 is 0 Å². The molecule has 0 saturated carbocycles. The summed E-state index contributed by atoms with van der Waals surface area (Å²) in [6.45, 7) is 6.38. The lowest BCUT2D eigenvalue weighted by Crippen LogP contribution is -2.34. The summed E-state index contributed by atoms with van der Waals surface area (Å²) in [5, 5.41) is 0. The first-order chi connectivity index (χ1) is 4.81. The van der Waals surface area contributed by atoms with E-state index < -0.39 is 8.32 Å². The van der Waals surface area contributed by atoms with Gasteiger partial charge >= 0.3 is 5.97 Å². The Kier molecular flexibility index (Phi) is 3.75. The summed E-state index contributed by atoms with van der Waals surface area (Å²) in [5.41, 5.74) is 0. The minimum atomic E-state index is -1.66. The molecule has 0 aliphatic carbocycles. The van der Waals surface area contributed by atoms with Gasteiger partial charge in [0.05, 0.1) is 6.54 Å². The van der Waals surface area contributed by atoms with E-state index in [-0.39, 0.29) is 5.97 Å². The van der Waals surface area contributed by atoms with Crippen LogP contribution in [0.4, 0.5) is 0 Å². The molecule has 3 nitrogen and oxygen atoms in total. The first-order valence-corrected chi connectivity index (χ1v) is 7.08. The predicted molar refractivity (Wildman–Crippen MR) is 48.0 cm³/mol. The van der Waals surface area contributed by atoms with Crippen LogP contribution in [0.1, 0.15) is 0 Å². The molecule has 0 aromatic carbocycles. The average Bonchev–Trinajstić information content (AvgIpc) is 1.53. The Balaban J connectivity index is 3.71. The molecule has 66 valence electrons. The summed E-state index contributed by atoms with van der Waals surface area (Å²) < 4.78 is 5.21. The van der Waals surface area contributed by atoms with Gasteiger partial charge in [-0.25, -0.2) is 0 Å². The normalized spacial score (nSPS) is 11.8. The van der Waals surface area contributed by atoms with Crippen LogP contribution in [0.5, 0.6) is 0 Å². The summed E-state index contributed by atoms with van der Waals surface area (Å²) in [6, 6.07) is 0. The topological polar surface area (TPSA) is 29.5 Å². The number of carbonyl (C=O) groups is 1. The molecular weight excluding hydrogens is 158 g/mol. The van der Waals surface area contributed by atoms with Crippen molar-refractivity contribution in [3.63, 3.8) is 0 Å². The first-order valence-electron chi connectivity index (χ1n) is 3.68. The van der Waals surface area contributed by atoms with E-state index in [1.165, 1.54) is 0 Å². The molecule has 0 rings (SSSR count). The maximum atomic E-state index is 11.0. The Bertz CT molecular complexity index is 140. The van der Waals surface area contributed by atoms with E-state index in [1.807, 2.05) is 38.6 Å². The molecule has 0 heterocycles. The van der Waals surface area contributed by atoms with Crippen molar-refractivity contribution in [3.05, 3.63) is 0 Å². The Morgan fingerprint density at radius 2 is 1.82 bits per heavy atom. The fourth-order valence-corrected chi connectivity index (χ4v) is 1.38. The second-order valence-corrected chi connectivity index (χ2v) is 8.25. The van der Waals surface area contributed by atoms with Crippen LogP contribution in [0.15, 0.2) is 0 Å². The van der Waals surface area contributed by atoms with Gasteiger partial charge in [0.25, 0.3) is 0 Å². The average molecular weight is 175 g/mol. The van der Waals surface area contributed by atoms with Crippen LogP contribution in [0.25, 0.3) is 0 Å². The van der Waals surface area contributed by atoms with Gasteiger partial charge in [-0.15, -0.1) is 0 Å². The van der Waals surface area contributed by atoms with E-state index in [2.05, 4.69) is 0 Å². The lowest BCUT2D eigenvalue weighted by Gasteiger charge is -2.18. The van der Waals surface area contributed by atoms with Gasteiger partial charge in [-0.05, 0) is 33.7 Å². The summed E-state index contributed by atoms with van der Waals surface area (Å²) >= 11 is 0. The summed E-state index contributed by atoms with van der Waals surface area (Å²) in [5.74, 6) is -0.117. The summed E-state index contributed by atoms with van der Waals surface area (Å²) in [7, 11) is 2.04. The minimum Gasteiger partial charge on any atom is -0.519 e. The number of hydrogen-bond donors (Lipinski definition) is 0. The molecule has 0 unspecified atom stereocenters. The monoisotopic (exact) mass is 175 g/mol. The number of carbonyl (C=O) groups excluding carboxylic acids is 1. The molecule has 0 N–H and O–H groups in total. The molecule has 0 aromatic heterocycles. The highest BCUT2D eigenvalue weighted by molar-refractivity contribution is 6.71.